The predicted molar refractivity (Wildman–Crippen MR) is 99.0 cm³/mol. The first-order valence-electron chi connectivity index (χ1n) is 8.56. The molecule has 2 heterocycles. The van der Waals surface area contributed by atoms with Gasteiger partial charge in [0.15, 0.2) is 11.3 Å². The molecule has 0 fully saturated rings. The average molecular weight is 327 g/mol. The molecular weight excluding hydrogens is 308 g/mol. The molecule has 122 valence electrons. The predicted octanol–water partition coefficient (Wildman–Crippen LogP) is 4.32. The summed E-state index contributed by atoms with van der Waals surface area (Å²) in [5, 5.41) is 0. The lowest BCUT2D eigenvalue weighted by molar-refractivity contribution is -0.633. The van der Waals surface area contributed by atoms with Gasteiger partial charge in [0.2, 0.25) is 5.52 Å². The highest BCUT2D eigenvalue weighted by Gasteiger charge is 2.32. The number of nitrogens with zero attached hydrogens (tertiary/aromatic N) is 2. The van der Waals surface area contributed by atoms with Crippen molar-refractivity contribution in [1.82, 2.24) is 4.57 Å². The minimum absolute atomic E-state index is 0.591. The van der Waals surface area contributed by atoms with E-state index in [1.807, 2.05) is 0 Å². The summed E-state index contributed by atoms with van der Waals surface area (Å²) >= 11 is 0. The van der Waals surface area contributed by atoms with Crippen LogP contribution < -0.4 is 9.30 Å². The zero-order valence-electron chi connectivity index (χ0n) is 14.4. The van der Waals surface area contributed by atoms with E-state index in [2.05, 4.69) is 89.8 Å². The molecule has 0 amide bonds. The molecule has 3 aromatic carbocycles. The van der Waals surface area contributed by atoms with Gasteiger partial charge in [-0.25, -0.2) is 4.57 Å². The molecule has 25 heavy (non-hydrogen) atoms. The van der Waals surface area contributed by atoms with Crippen LogP contribution in [0.5, 0.6) is 5.75 Å². The van der Waals surface area contributed by atoms with Crippen molar-refractivity contribution in [2.75, 3.05) is 0 Å². The van der Waals surface area contributed by atoms with Crippen molar-refractivity contribution < 1.29 is 9.30 Å². The number of hydrogen-bond donors (Lipinski definition) is 0. The van der Waals surface area contributed by atoms with Gasteiger partial charge in [0.1, 0.15) is 12.3 Å². The Morgan fingerprint density at radius 1 is 0.920 bits per heavy atom. The van der Waals surface area contributed by atoms with E-state index in [0.29, 0.717) is 6.61 Å². The van der Waals surface area contributed by atoms with E-state index < -0.39 is 0 Å². The Bertz CT molecular complexity index is 1120. The Hall–Kier alpha value is -3.07. The van der Waals surface area contributed by atoms with Crippen molar-refractivity contribution in [3.63, 3.8) is 0 Å². The van der Waals surface area contributed by atoms with E-state index in [-0.39, 0.29) is 0 Å². The van der Waals surface area contributed by atoms with Crippen LogP contribution in [0.4, 0.5) is 0 Å². The molecule has 1 aromatic heterocycles. The maximum Gasteiger partial charge on any atom is 0.295 e. The smallest absolute Gasteiger partial charge is 0.295 e. The Kier molecular flexibility index (Phi) is 2.98. The summed E-state index contributed by atoms with van der Waals surface area (Å²) in [5.41, 5.74) is 7.20. The molecule has 4 aromatic rings. The summed E-state index contributed by atoms with van der Waals surface area (Å²) in [7, 11) is 2.13. The molecule has 3 heteroatoms. The number of rotatable bonds is 1. The van der Waals surface area contributed by atoms with Crippen LogP contribution in [0, 0.1) is 6.92 Å². The quantitative estimate of drug-likeness (QED) is 0.476. The van der Waals surface area contributed by atoms with E-state index in [1.54, 1.807) is 0 Å². The number of ether oxygens (including phenoxy) is 1. The van der Waals surface area contributed by atoms with Crippen molar-refractivity contribution in [2.24, 2.45) is 7.05 Å². The summed E-state index contributed by atoms with van der Waals surface area (Å²) in [6.07, 6.45) is 0. The second kappa shape index (κ2) is 5.21. The topological polar surface area (TPSA) is 18.0 Å². The first-order valence-corrected chi connectivity index (χ1v) is 8.56. The van der Waals surface area contributed by atoms with Crippen molar-refractivity contribution in [2.45, 2.75) is 13.5 Å². The highest BCUT2D eigenvalue weighted by Crippen LogP contribution is 2.37. The molecule has 1 aliphatic heterocycles. The lowest BCUT2D eigenvalue weighted by atomic mass is 10.1. The van der Waals surface area contributed by atoms with Crippen molar-refractivity contribution in [3.05, 3.63) is 77.9 Å². The van der Waals surface area contributed by atoms with Crippen LogP contribution in [0.2, 0.25) is 0 Å². The number of aryl methyl sites for hydroxylation is 2. The third-order valence-electron chi connectivity index (χ3n) is 5.09. The van der Waals surface area contributed by atoms with Crippen LogP contribution in [0.3, 0.4) is 0 Å². The van der Waals surface area contributed by atoms with Crippen LogP contribution in [0.15, 0.2) is 66.7 Å². The van der Waals surface area contributed by atoms with Gasteiger partial charge in [-0.1, -0.05) is 42.5 Å². The van der Waals surface area contributed by atoms with Crippen molar-refractivity contribution in [3.8, 4) is 22.8 Å². The average Bonchev–Trinajstić information content (AvgIpc) is 2.83. The van der Waals surface area contributed by atoms with Crippen LogP contribution in [-0.4, -0.2) is 4.57 Å². The van der Waals surface area contributed by atoms with Gasteiger partial charge in [-0.05, 0) is 36.8 Å². The van der Waals surface area contributed by atoms with Gasteiger partial charge in [-0.2, -0.15) is 4.57 Å². The largest absolute Gasteiger partial charge is 0.484 e. The normalized spacial score (nSPS) is 12.6. The highest BCUT2D eigenvalue weighted by atomic mass is 16.5. The number of para-hydroxylation sites is 2. The van der Waals surface area contributed by atoms with E-state index in [0.717, 1.165) is 11.3 Å². The Balaban J connectivity index is 2.00. The van der Waals surface area contributed by atoms with Crippen LogP contribution >= 0.6 is 0 Å². The van der Waals surface area contributed by atoms with Gasteiger partial charge in [0.05, 0.1) is 12.6 Å². The number of imidazole rings is 1. The molecule has 0 saturated heterocycles. The van der Waals surface area contributed by atoms with Crippen LogP contribution in [0.1, 0.15) is 11.1 Å². The summed E-state index contributed by atoms with van der Waals surface area (Å²) in [6.45, 7) is 2.76. The molecule has 0 unspecified atom stereocenters. The molecule has 0 saturated carbocycles. The molecule has 0 radical (unpaired) electrons. The molecule has 0 atom stereocenters. The standard InChI is InChI=1S/C22H19N2O/c1-15-8-3-5-10-17(15)22-23(2)19-12-7-13-20-21(19)24(22)18-11-6-4-9-16(18)14-25-20/h3-13H,14H2,1-2H3/q+1. The second-order valence-electron chi connectivity index (χ2n) is 6.57. The molecular formula is C22H19N2O+. The van der Waals surface area contributed by atoms with Gasteiger partial charge in [-0.3, -0.25) is 0 Å². The van der Waals surface area contributed by atoms with E-state index in [4.69, 9.17) is 4.74 Å². The highest BCUT2D eigenvalue weighted by molar-refractivity contribution is 5.85. The SMILES string of the molecule is Cc1ccccc1-c1n2c3c(cccc3[n+]1C)OCc1ccccc1-2. The maximum absolute atomic E-state index is 6.15. The molecule has 1 aliphatic rings. The Morgan fingerprint density at radius 2 is 1.72 bits per heavy atom. The lowest BCUT2D eigenvalue weighted by Gasteiger charge is -2.08. The fraction of sp³-hybridized carbons (Fsp3) is 0.136. The molecule has 5 rings (SSSR count). The summed E-state index contributed by atoms with van der Waals surface area (Å²) in [6, 6.07) is 23.4. The molecule has 0 aliphatic carbocycles. The number of hydrogen-bond acceptors (Lipinski definition) is 1. The van der Waals surface area contributed by atoms with Gasteiger partial charge in [0, 0.05) is 5.56 Å². The number of fused-ring (bicyclic) bond motifs is 2. The van der Waals surface area contributed by atoms with Gasteiger partial charge in [-0.15, -0.1) is 0 Å². The number of benzene rings is 3. The van der Waals surface area contributed by atoms with Crippen molar-refractivity contribution in [1.29, 1.82) is 0 Å². The Labute approximate surface area is 146 Å². The third kappa shape index (κ3) is 1.96. The molecule has 0 spiro atoms. The van der Waals surface area contributed by atoms with Crippen LogP contribution in [-0.2, 0) is 13.7 Å². The third-order valence-corrected chi connectivity index (χ3v) is 5.09. The second-order valence-corrected chi connectivity index (χ2v) is 6.57. The maximum atomic E-state index is 6.15. The summed E-state index contributed by atoms with van der Waals surface area (Å²) in [4.78, 5) is 0. The summed E-state index contributed by atoms with van der Waals surface area (Å²) < 4.78 is 10.8. The fourth-order valence-electron chi connectivity index (χ4n) is 3.86. The minimum Gasteiger partial charge on any atom is -0.484 e. The summed E-state index contributed by atoms with van der Waals surface area (Å²) in [5.74, 6) is 2.11. The fourth-order valence-corrected chi connectivity index (χ4v) is 3.86. The van der Waals surface area contributed by atoms with Crippen LogP contribution in [0.25, 0.3) is 28.1 Å². The first kappa shape index (κ1) is 14.3. The molecule has 0 bridgehead atoms. The van der Waals surface area contributed by atoms with Gasteiger partial charge < -0.3 is 4.74 Å². The van der Waals surface area contributed by atoms with E-state index in [9.17, 15) is 0 Å². The Morgan fingerprint density at radius 3 is 2.60 bits per heavy atom. The zero-order chi connectivity index (χ0) is 17.0. The van der Waals surface area contributed by atoms with Gasteiger partial charge >= 0.3 is 0 Å². The van der Waals surface area contributed by atoms with E-state index in [1.165, 1.54) is 33.7 Å². The zero-order valence-corrected chi connectivity index (χ0v) is 14.4. The minimum atomic E-state index is 0.591. The van der Waals surface area contributed by atoms with Crippen molar-refractivity contribution >= 4 is 11.0 Å². The monoisotopic (exact) mass is 327 g/mol. The van der Waals surface area contributed by atoms with E-state index >= 15 is 0 Å². The number of aromatic nitrogens is 2. The first-order chi connectivity index (χ1) is 12.3. The van der Waals surface area contributed by atoms with Gasteiger partial charge in [0.25, 0.3) is 5.82 Å². The molecule has 0 N–H and O–H groups in total. The lowest BCUT2D eigenvalue weighted by Crippen LogP contribution is -2.30. The molecule has 3 nitrogen and oxygen atoms in total.